The van der Waals surface area contributed by atoms with Crippen LogP contribution in [-0.4, -0.2) is 5.11 Å². The van der Waals surface area contributed by atoms with Crippen molar-refractivity contribution in [2.75, 3.05) is 0 Å². The molecule has 1 unspecified atom stereocenters. The predicted molar refractivity (Wildman–Crippen MR) is 66.8 cm³/mol. The van der Waals surface area contributed by atoms with Crippen LogP contribution in [0.25, 0.3) is 6.08 Å². The summed E-state index contributed by atoms with van der Waals surface area (Å²) in [6.07, 6.45) is 1.70. The number of hydrogen-bond acceptors (Lipinski definition) is 1. The molecule has 2 aromatic rings. The second-order valence-corrected chi connectivity index (χ2v) is 3.85. The van der Waals surface area contributed by atoms with Crippen LogP contribution in [0.2, 0.25) is 0 Å². The van der Waals surface area contributed by atoms with Gasteiger partial charge in [-0.2, -0.15) is 0 Å². The lowest BCUT2D eigenvalue weighted by Gasteiger charge is -2.06. The van der Waals surface area contributed by atoms with Crippen LogP contribution < -0.4 is 0 Å². The summed E-state index contributed by atoms with van der Waals surface area (Å²) in [4.78, 5) is 0. The first kappa shape index (κ1) is 12.5. The zero-order valence-electron chi connectivity index (χ0n) is 9.55. The molecule has 0 saturated heterocycles. The van der Waals surface area contributed by atoms with Gasteiger partial charge in [0.1, 0.15) is 17.7 Å². The van der Waals surface area contributed by atoms with E-state index in [1.807, 2.05) is 0 Å². The molecule has 0 bridgehead atoms. The molecule has 1 nitrogen and oxygen atoms in total. The Morgan fingerprint density at radius 1 is 0.889 bits per heavy atom. The molecule has 0 aliphatic rings. The molecule has 92 valence electrons. The summed E-state index contributed by atoms with van der Waals surface area (Å²) in [5.41, 5.74) is 0.526. The van der Waals surface area contributed by atoms with Crippen molar-refractivity contribution >= 4 is 6.08 Å². The molecule has 0 spiro atoms. The average Bonchev–Trinajstić information content (AvgIpc) is 2.38. The molecule has 0 saturated carbocycles. The van der Waals surface area contributed by atoms with E-state index < -0.39 is 11.9 Å². The molecular formula is C15H12F2O. The van der Waals surface area contributed by atoms with Gasteiger partial charge in [0.25, 0.3) is 0 Å². The Labute approximate surface area is 104 Å². The van der Waals surface area contributed by atoms with Gasteiger partial charge in [-0.25, -0.2) is 8.78 Å². The largest absolute Gasteiger partial charge is 0.384 e. The smallest absolute Gasteiger partial charge is 0.130 e. The van der Waals surface area contributed by atoms with Gasteiger partial charge in [-0.1, -0.05) is 48.6 Å². The van der Waals surface area contributed by atoms with Gasteiger partial charge >= 0.3 is 0 Å². The number of aliphatic hydroxyl groups is 1. The van der Waals surface area contributed by atoms with E-state index in [9.17, 15) is 13.9 Å². The van der Waals surface area contributed by atoms with E-state index in [4.69, 9.17) is 0 Å². The minimum absolute atomic E-state index is 0.171. The Hall–Kier alpha value is -2.00. The number of hydrogen-bond donors (Lipinski definition) is 1. The maximum Gasteiger partial charge on any atom is 0.130 e. The highest BCUT2D eigenvalue weighted by atomic mass is 19.1. The average molecular weight is 246 g/mol. The SMILES string of the molecule is OC(/C=C/c1ccccc1F)c1ccccc1F. The van der Waals surface area contributed by atoms with Crippen LogP contribution in [0.3, 0.4) is 0 Å². The number of aliphatic hydroxyl groups excluding tert-OH is 1. The fraction of sp³-hybridized carbons (Fsp3) is 0.0667. The van der Waals surface area contributed by atoms with Crippen molar-refractivity contribution in [2.24, 2.45) is 0 Å². The molecule has 18 heavy (non-hydrogen) atoms. The summed E-state index contributed by atoms with van der Waals surface area (Å²) in [7, 11) is 0. The summed E-state index contributed by atoms with van der Waals surface area (Å²) in [5, 5.41) is 9.80. The highest BCUT2D eigenvalue weighted by Gasteiger charge is 2.08. The normalized spacial score (nSPS) is 12.8. The van der Waals surface area contributed by atoms with Gasteiger partial charge in [0, 0.05) is 11.1 Å². The van der Waals surface area contributed by atoms with E-state index in [0.29, 0.717) is 5.56 Å². The van der Waals surface area contributed by atoms with Crippen LogP contribution in [0.1, 0.15) is 17.2 Å². The van der Waals surface area contributed by atoms with Gasteiger partial charge in [-0.15, -0.1) is 0 Å². The highest BCUT2D eigenvalue weighted by molar-refractivity contribution is 5.51. The van der Waals surface area contributed by atoms with Crippen LogP contribution in [-0.2, 0) is 0 Å². The first-order chi connectivity index (χ1) is 8.68. The van der Waals surface area contributed by atoms with Gasteiger partial charge in [0.15, 0.2) is 0 Å². The molecule has 1 N–H and O–H groups in total. The maximum absolute atomic E-state index is 13.4. The Kier molecular flexibility index (Phi) is 3.85. The molecule has 0 aromatic heterocycles. The molecule has 0 aliphatic carbocycles. The van der Waals surface area contributed by atoms with Crippen LogP contribution in [0.5, 0.6) is 0 Å². The van der Waals surface area contributed by atoms with E-state index in [0.717, 1.165) is 0 Å². The third-order valence-electron chi connectivity index (χ3n) is 2.59. The lowest BCUT2D eigenvalue weighted by atomic mass is 10.1. The molecule has 2 aromatic carbocycles. The fourth-order valence-electron chi connectivity index (χ4n) is 1.62. The standard InChI is InChI=1S/C15H12F2O/c16-13-7-3-1-5-11(13)9-10-15(18)12-6-2-4-8-14(12)17/h1-10,15,18H/b10-9+. The van der Waals surface area contributed by atoms with Gasteiger partial charge in [-0.3, -0.25) is 0 Å². The van der Waals surface area contributed by atoms with E-state index in [2.05, 4.69) is 0 Å². The maximum atomic E-state index is 13.4. The Balaban J connectivity index is 2.20. The predicted octanol–water partition coefficient (Wildman–Crippen LogP) is 3.71. The quantitative estimate of drug-likeness (QED) is 0.875. The third kappa shape index (κ3) is 2.81. The van der Waals surface area contributed by atoms with Crippen molar-refractivity contribution in [1.82, 2.24) is 0 Å². The van der Waals surface area contributed by atoms with E-state index >= 15 is 0 Å². The van der Waals surface area contributed by atoms with E-state index in [1.165, 1.54) is 30.4 Å². The van der Waals surface area contributed by atoms with Crippen molar-refractivity contribution in [2.45, 2.75) is 6.10 Å². The topological polar surface area (TPSA) is 20.2 Å². The molecule has 2 rings (SSSR count). The summed E-state index contributed by atoms with van der Waals surface area (Å²) >= 11 is 0. The van der Waals surface area contributed by atoms with Crippen molar-refractivity contribution in [3.63, 3.8) is 0 Å². The molecule has 0 aliphatic heterocycles. The number of rotatable bonds is 3. The molecule has 0 fully saturated rings. The molecule has 3 heteroatoms. The summed E-state index contributed by atoms with van der Waals surface area (Å²) in [6, 6.07) is 12.1. The molecule has 0 radical (unpaired) electrons. The second kappa shape index (κ2) is 5.56. The zero-order valence-corrected chi connectivity index (χ0v) is 9.55. The Bertz CT molecular complexity index is 564. The first-order valence-corrected chi connectivity index (χ1v) is 5.53. The molecule has 1 atom stereocenters. The van der Waals surface area contributed by atoms with Crippen LogP contribution >= 0.6 is 0 Å². The van der Waals surface area contributed by atoms with Crippen LogP contribution in [0.4, 0.5) is 8.78 Å². The number of benzene rings is 2. The lowest BCUT2D eigenvalue weighted by Crippen LogP contribution is -1.96. The van der Waals surface area contributed by atoms with Gasteiger partial charge in [0.2, 0.25) is 0 Å². The lowest BCUT2D eigenvalue weighted by molar-refractivity contribution is 0.224. The monoisotopic (exact) mass is 246 g/mol. The fourth-order valence-corrected chi connectivity index (χ4v) is 1.62. The number of halogens is 2. The van der Waals surface area contributed by atoms with Gasteiger partial charge in [-0.05, 0) is 12.1 Å². The minimum atomic E-state index is -1.09. The summed E-state index contributed by atoms with van der Waals surface area (Å²) in [6.45, 7) is 0. The Morgan fingerprint density at radius 3 is 2.17 bits per heavy atom. The van der Waals surface area contributed by atoms with Gasteiger partial charge < -0.3 is 5.11 Å². The summed E-state index contributed by atoms with van der Waals surface area (Å²) in [5.74, 6) is -0.863. The highest BCUT2D eigenvalue weighted by Crippen LogP contribution is 2.19. The van der Waals surface area contributed by atoms with Crippen molar-refractivity contribution in [1.29, 1.82) is 0 Å². The van der Waals surface area contributed by atoms with Crippen molar-refractivity contribution in [3.05, 3.63) is 77.4 Å². The van der Waals surface area contributed by atoms with Gasteiger partial charge in [0.05, 0.1) is 0 Å². The summed E-state index contributed by atoms with van der Waals surface area (Å²) < 4.78 is 26.7. The molecule has 0 heterocycles. The van der Waals surface area contributed by atoms with Crippen molar-refractivity contribution < 1.29 is 13.9 Å². The van der Waals surface area contributed by atoms with Crippen LogP contribution in [0.15, 0.2) is 54.6 Å². The third-order valence-corrected chi connectivity index (χ3v) is 2.59. The van der Waals surface area contributed by atoms with E-state index in [1.54, 1.807) is 30.3 Å². The molecule has 0 amide bonds. The van der Waals surface area contributed by atoms with Crippen LogP contribution in [0, 0.1) is 11.6 Å². The molecular weight excluding hydrogens is 234 g/mol. The zero-order chi connectivity index (χ0) is 13.0. The minimum Gasteiger partial charge on any atom is -0.384 e. The second-order valence-electron chi connectivity index (χ2n) is 3.85. The first-order valence-electron chi connectivity index (χ1n) is 5.53. The Morgan fingerprint density at radius 2 is 1.50 bits per heavy atom. The van der Waals surface area contributed by atoms with Crippen molar-refractivity contribution in [3.8, 4) is 0 Å². The van der Waals surface area contributed by atoms with E-state index in [-0.39, 0.29) is 11.4 Å².